The summed E-state index contributed by atoms with van der Waals surface area (Å²) in [5, 5.41) is 14.0. The van der Waals surface area contributed by atoms with E-state index in [-0.39, 0.29) is 22.8 Å². The fourth-order valence-electron chi connectivity index (χ4n) is 5.17. The predicted octanol–water partition coefficient (Wildman–Crippen LogP) is 5.67. The van der Waals surface area contributed by atoms with E-state index in [1.165, 1.54) is 28.8 Å². The minimum Gasteiger partial charge on any atom is -0.325 e. The van der Waals surface area contributed by atoms with Crippen molar-refractivity contribution >= 4 is 85.4 Å². The Labute approximate surface area is 259 Å². The summed E-state index contributed by atoms with van der Waals surface area (Å²) < 4.78 is 2.10. The summed E-state index contributed by atoms with van der Waals surface area (Å²) in [5.74, 6) is -2.88. The van der Waals surface area contributed by atoms with Crippen LogP contribution in [0.15, 0.2) is 87.1 Å². The number of thioether (sulfide) groups is 1. The SMILES string of the molecule is O=C(Cn1c2c(sc1=O)C(c1cccc(Br)c1)C1C(=O)N(c3ccc([N+](=O)[O-])cc3)C(=O)C1S2)Nc1ccc(Cl)cc1. The van der Waals surface area contributed by atoms with Crippen molar-refractivity contribution in [3.8, 4) is 0 Å². The molecule has 0 spiro atoms. The molecule has 0 radical (unpaired) electrons. The molecule has 6 rings (SSSR count). The Balaban J connectivity index is 1.40. The number of halogens is 2. The summed E-state index contributed by atoms with van der Waals surface area (Å²) >= 11 is 11.4. The van der Waals surface area contributed by atoms with Crippen molar-refractivity contribution in [2.45, 2.75) is 22.7 Å². The summed E-state index contributed by atoms with van der Waals surface area (Å²) in [6.07, 6.45) is 0. The van der Waals surface area contributed by atoms with E-state index in [2.05, 4.69) is 21.2 Å². The molecule has 1 N–H and O–H groups in total. The van der Waals surface area contributed by atoms with Gasteiger partial charge >= 0.3 is 4.87 Å². The molecule has 3 unspecified atom stereocenters. The number of imide groups is 1. The zero-order chi connectivity index (χ0) is 29.7. The van der Waals surface area contributed by atoms with Crippen LogP contribution < -0.4 is 15.1 Å². The van der Waals surface area contributed by atoms with Gasteiger partial charge in [0.2, 0.25) is 17.7 Å². The minimum absolute atomic E-state index is 0.167. The van der Waals surface area contributed by atoms with Gasteiger partial charge < -0.3 is 5.32 Å². The van der Waals surface area contributed by atoms with Crippen molar-refractivity contribution in [3.05, 3.63) is 113 Å². The average Bonchev–Trinajstić information content (AvgIpc) is 3.40. The van der Waals surface area contributed by atoms with Crippen LogP contribution in [0.2, 0.25) is 5.02 Å². The number of fused-ring (bicyclic) bond motifs is 2. The molecule has 0 aliphatic carbocycles. The van der Waals surface area contributed by atoms with Crippen molar-refractivity contribution in [2.75, 3.05) is 10.2 Å². The number of carbonyl (C=O) groups excluding carboxylic acids is 3. The number of carbonyl (C=O) groups is 3. The van der Waals surface area contributed by atoms with Crippen molar-refractivity contribution < 1.29 is 19.3 Å². The molecule has 3 aromatic carbocycles. The Bertz CT molecular complexity index is 1830. The number of hydrogen-bond acceptors (Lipinski definition) is 8. The van der Waals surface area contributed by atoms with E-state index in [1.54, 1.807) is 24.3 Å². The zero-order valence-corrected chi connectivity index (χ0v) is 25.2. The standard InChI is InChI=1S/C28H18BrClN4O6S2/c29-15-3-1-2-14(12-15)21-22-23(26(37)33(25(22)36)18-8-10-19(11-9-18)34(39)40)41-27-24(21)42-28(38)32(27)13-20(35)31-17-6-4-16(30)5-7-17/h1-12,21-23H,13H2,(H,31,35). The van der Waals surface area contributed by atoms with Gasteiger partial charge in [-0.25, -0.2) is 4.90 Å². The first-order valence-corrected chi connectivity index (χ1v) is 15.3. The Morgan fingerprint density at radius 1 is 1.02 bits per heavy atom. The lowest BCUT2D eigenvalue weighted by Crippen LogP contribution is -2.33. The van der Waals surface area contributed by atoms with Gasteiger partial charge in [-0.3, -0.25) is 33.9 Å². The number of aromatic nitrogens is 1. The molecule has 1 saturated heterocycles. The molecule has 0 saturated carbocycles. The molecule has 0 bridgehead atoms. The molecule has 1 aromatic heterocycles. The summed E-state index contributed by atoms with van der Waals surface area (Å²) in [6, 6.07) is 19.1. The van der Waals surface area contributed by atoms with Crippen LogP contribution in [0, 0.1) is 16.0 Å². The normalized spacial score (nSPS) is 19.4. The largest absolute Gasteiger partial charge is 0.325 e. The van der Waals surface area contributed by atoms with Gasteiger partial charge in [0.05, 0.1) is 21.6 Å². The molecular weight excluding hydrogens is 668 g/mol. The second-order valence-corrected chi connectivity index (χ2v) is 13.0. The maximum atomic E-state index is 13.9. The monoisotopic (exact) mass is 684 g/mol. The van der Waals surface area contributed by atoms with Crippen LogP contribution in [0.4, 0.5) is 17.1 Å². The van der Waals surface area contributed by atoms with Gasteiger partial charge in [0, 0.05) is 38.1 Å². The van der Waals surface area contributed by atoms with E-state index in [0.717, 1.165) is 38.0 Å². The minimum atomic E-state index is -0.885. The number of thiazole rings is 1. The maximum Gasteiger partial charge on any atom is 0.308 e. The van der Waals surface area contributed by atoms with Crippen molar-refractivity contribution in [1.29, 1.82) is 0 Å². The van der Waals surface area contributed by atoms with Gasteiger partial charge in [-0.1, -0.05) is 62.8 Å². The van der Waals surface area contributed by atoms with Crippen LogP contribution in [0.5, 0.6) is 0 Å². The van der Waals surface area contributed by atoms with Gasteiger partial charge in [-0.05, 0) is 54.1 Å². The molecular formula is C28H18BrClN4O6S2. The number of nitro groups is 1. The fraction of sp³-hybridized carbons (Fsp3) is 0.143. The quantitative estimate of drug-likeness (QED) is 0.157. The second-order valence-electron chi connectivity index (χ2n) is 9.56. The smallest absolute Gasteiger partial charge is 0.308 e. The third-order valence-electron chi connectivity index (χ3n) is 7.01. The number of benzene rings is 3. The Kier molecular flexibility index (Phi) is 7.51. The summed E-state index contributed by atoms with van der Waals surface area (Å²) in [4.78, 5) is 65.8. The lowest BCUT2D eigenvalue weighted by atomic mass is 9.83. The number of rotatable bonds is 6. The van der Waals surface area contributed by atoms with Gasteiger partial charge in [-0.15, -0.1) is 0 Å². The van der Waals surface area contributed by atoms with Crippen LogP contribution in [-0.4, -0.2) is 32.5 Å². The Morgan fingerprint density at radius 3 is 2.40 bits per heavy atom. The molecule has 3 atom stereocenters. The number of anilines is 2. The first-order valence-electron chi connectivity index (χ1n) is 12.5. The molecule has 4 aromatic rings. The molecule has 14 heteroatoms. The van der Waals surface area contributed by atoms with Crippen molar-refractivity contribution in [3.63, 3.8) is 0 Å². The number of nitrogens with one attached hydrogen (secondary N) is 1. The van der Waals surface area contributed by atoms with Gasteiger partial charge in [0.25, 0.3) is 5.69 Å². The van der Waals surface area contributed by atoms with Gasteiger partial charge in [-0.2, -0.15) is 0 Å². The second kappa shape index (κ2) is 11.1. The maximum absolute atomic E-state index is 13.9. The van der Waals surface area contributed by atoms with E-state index in [9.17, 15) is 29.3 Å². The number of amides is 3. The van der Waals surface area contributed by atoms with E-state index < -0.39 is 39.7 Å². The first kappa shape index (κ1) is 28.3. The summed E-state index contributed by atoms with van der Waals surface area (Å²) in [7, 11) is 0. The van der Waals surface area contributed by atoms with Gasteiger partial charge in [0.15, 0.2) is 0 Å². The third kappa shape index (κ3) is 5.06. The summed E-state index contributed by atoms with van der Waals surface area (Å²) in [6.45, 7) is -0.295. The van der Waals surface area contributed by atoms with Crippen LogP contribution >= 0.6 is 50.6 Å². The molecule has 3 heterocycles. The van der Waals surface area contributed by atoms with E-state index in [1.807, 2.05) is 24.3 Å². The predicted molar refractivity (Wildman–Crippen MR) is 163 cm³/mol. The highest BCUT2D eigenvalue weighted by Crippen LogP contribution is 2.54. The highest BCUT2D eigenvalue weighted by atomic mass is 79.9. The van der Waals surface area contributed by atoms with Crippen molar-refractivity contribution in [1.82, 2.24) is 4.57 Å². The molecule has 2 aliphatic rings. The lowest BCUT2D eigenvalue weighted by Gasteiger charge is -2.30. The van der Waals surface area contributed by atoms with Crippen LogP contribution in [0.25, 0.3) is 0 Å². The van der Waals surface area contributed by atoms with Crippen LogP contribution in [0.1, 0.15) is 16.4 Å². The summed E-state index contributed by atoms with van der Waals surface area (Å²) in [5.41, 5.74) is 1.30. The molecule has 212 valence electrons. The first-order chi connectivity index (χ1) is 20.1. The average molecular weight is 686 g/mol. The van der Waals surface area contributed by atoms with Gasteiger partial charge in [0.1, 0.15) is 11.8 Å². The number of nitro benzene ring substituents is 1. The van der Waals surface area contributed by atoms with Crippen molar-refractivity contribution in [2.24, 2.45) is 5.92 Å². The highest BCUT2D eigenvalue weighted by molar-refractivity contribution is 9.10. The molecule has 1 fully saturated rings. The van der Waals surface area contributed by atoms with Crippen LogP contribution in [-0.2, 0) is 20.9 Å². The lowest BCUT2D eigenvalue weighted by molar-refractivity contribution is -0.384. The van der Waals surface area contributed by atoms with Crippen LogP contribution in [0.3, 0.4) is 0 Å². The topological polar surface area (TPSA) is 132 Å². The Morgan fingerprint density at radius 2 is 1.74 bits per heavy atom. The molecule has 10 nitrogen and oxygen atoms in total. The molecule has 3 amide bonds. The van der Waals surface area contributed by atoms with E-state index in [4.69, 9.17) is 11.6 Å². The molecule has 2 aliphatic heterocycles. The zero-order valence-electron chi connectivity index (χ0n) is 21.2. The Hall–Kier alpha value is -3.78. The number of hydrogen-bond donors (Lipinski definition) is 1. The number of non-ortho nitro benzene ring substituents is 1. The molecule has 42 heavy (non-hydrogen) atoms. The number of nitrogens with zero attached hydrogens (tertiary/aromatic N) is 3. The highest BCUT2D eigenvalue weighted by Gasteiger charge is 2.56. The van der Waals surface area contributed by atoms with E-state index >= 15 is 0 Å². The fourth-order valence-corrected chi connectivity index (χ4v) is 8.49. The third-order valence-corrected chi connectivity index (χ3v) is 10.4. The van der Waals surface area contributed by atoms with E-state index in [0.29, 0.717) is 20.6 Å².